The molecule has 0 radical (unpaired) electrons. The van der Waals surface area contributed by atoms with E-state index >= 15 is 0 Å². The van der Waals surface area contributed by atoms with Gasteiger partial charge in [0, 0.05) is 112 Å². The van der Waals surface area contributed by atoms with Crippen LogP contribution in [0, 0.1) is 0 Å². The van der Waals surface area contributed by atoms with Crippen LogP contribution in [0.3, 0.4) is 0 Å². The first-order valence-electron chi connectivity index (χ1n) is 14.1. The van der Waals surface area contributed by atoms with Crippen LogP contribution in [0.5, 0.6) is 0 Å². The van der Waals surface area contributed by atoms with Crippen molar-refractivity contribution in [1.29, 1.82) is 0 Å². The third kappa shape index (κ3) is 4190. The number of nitrogens with two attached hydrogens (primary N) is 4. The first kappa shape index (κ1) is 112. The summed E-state index contributed by atoms with van der Waals surface area (Å²) < 4.78 is 0. The van der Waals surface area contributed by atoms with Crippen molar-refractivity contribution in [3.05, 3.63) is 0 Å². The van der Waals surface area contributed by atoms with E-state index in [4.69, 9.17) is 122 Å². The van der Waals surface area contributed by atoms with Gasteiger partial charge in [0.05, 0.1) is 0 Å². The van der Waals surface area contributed by atoms with Gasteiger partial charge >= 0.3 is 115 Å². The average Bonchev–Trinajstić information content (AvgIpc) is 2.86. The normalized spacial score (nSPS) is 6.47. The van der Waals surface area contributed by atoms with Gasteiger partial charge in [0.15, 0.2) is 0 Å². The van der Waals surface area contributed by atoms with Gasteiger partial charge in [0.25, 0.3) is 0 Å². The van der Waals surface area contributed by atoms with Crippen LogP contribution in [0.4, 0.5) is 0 Å². The van der Waals surface area contributed by atoms with E-state index < -0.39 is 59.7 Å². The van der Waals surface area contributed by atoms with Crippen molar-refractivity contribution >= 4 is 175 Å². The van der Waals surface area contributed by atoms with Crippen molar-refractivity contribution < 1.29 is 99.0 Å². The molecule has 10 N–H and O–H groups in total. The quantitative estimate of drug-likeness (QED) is 0.0972. The van der Waals surface area contributed by atoms with Crippen molar-refractivity contribution in [1.82, 2.24) is 10.6 Å². The Hall–Kier alpha value is -1.71. The first-order chi connectivity index (χ1) is 24.1. The maximum atomic E-state index is 8.89. The number of carbonyl (C=O) groups is 10. The molecule has 0 amide bonds. The van der Waals surface area contributed by atoms with Crippen molar-refractivity contribution in [3.8, 4) is 0 Å². The van der Waals surface area contributed by atoms with Crippen molar-refractivity contribution in [2.24, 2.45) is 22.9 Å². The predicted octanol–water partition coefficient (Wildman–Crippen LogP) is -17.4. The topological polar surface area (TPSA) is 529 Å². The molecule has 0 aromatic carbocycles. The molecule has 0 unspecified atom stereocenters. The van der Waals surface area contributed by atoms with Gasteiger partial charge in [-0.1, -0.05) is 0 Å². The van der Waals surface area contributed by atoms with E-state index in [1.165, 1.54) is 0 Å². The van der Waals surface area contributed by atoms with E-state index in [-0.39, 0.29) is 115 Å². The summed E-state index contributed by atoms with van der Waals surface area (Å²) in [5.74, 6) is -10.8. The zero-order valence-electron chi connectivity index (χ0n) is 35.7. The average molecular weight is 918 g/mol. The number of aliphatic carboxylic acids is 10. The fraction of sp³-hybridized carbons (Fsp3) is 0.643. The van der Waals surface area contributed by atoms with E-state index in [0.29, 0.717) is 26.2 Å². The molecule has 0 saturated heterocycles. The van der Waals surface area contributed by atoms with E-state index in [2.05, 4.69) is 10.6 Å². The van der Waals surface area contributed by atoms with E-state index in [9.17, 15) is 0 Å². The summed E-state index contributed by atoms with van der Waals surface area (Å²) in [5, 5.41) is 95.0. The third-order valence-electron chi connectivity index (χ3n) is 1.28. The molecule has 26 nitrogen and oxygen atoms in total. The standard InChI is InChI=1S/2C4H13N3.10C2H4O2.5Mg/c2*5-1-3-7-4-2-6;10*1-2(3)4;;;;;/h2*7H,1-6H2;10*1H3,(H,3,4);;;;;/q;;;;;;;;;;;;5*+2/p-10. The molecule has 0 saturated carbocycles. The smallest absolute Gasteiger partial charge is 0.550 e. The summed E-state index contributed by atoms with van der Waals surface area (Å²) in [7, 11) is 0. The van der Waals surface area contributed by atoms with Gasteiger partial charge in [-0.15, -0.1) is 0 Å². The molecule has 0 aliphatic carbocycles. The van der Waals surface area contributed by atoms with Gasteiger partial charge in [0.1, 0.15) is 0 Å². The zero-order valence-corrected chi connectivity index (χ0v) is 42.7. The van der Waals surface area contributed by atoms with Crippen LogP contribution < -0.4 is 84.6 Å². The molecular weight excluding hydrogens is 862 g/mol. The minimum Gasteiger partial charge on any atom is -0.550 e. The van der Waals surface area contributed by atoms with Crippen molar-refractivity contribution in [2.75, 3.05) is 52.4 Å². The number of hydrogen-bond donors (Lipinski definition) is 6. The van der Waals surface area contributed by atoms with Crippen LogP contribution in [0.15, 0.2) is 0 Å². The van der Waals surface area contributed by atoms with Gasteiger partial charge < -0.3 is 133 Å². The summed E-state index contributed by atoms with van der Waals surface area (Å²) in [6, 6.07) is 0. The fourth-order valence-corrected chi connectivity index (χ4v) is 0.658. The Kier molecular flexibility index (Phi) is 222. The maximum absolute atomic E-state index is 8.89. The number of carboxylic acids is 10. The van der Waals surface area contributed by atoms with Crippen LogP contribution in [0.2, 0.25) is 0 Å². The molecule has 328 valence electrons. The number of nitrogens with one attached hydrogen (secondary N) is 2. The Bertz CT molecular complexity index is 660. The molecule has 31 heteroatoms. The van der Waals surface area contributed by atoms with Crippen LogP contribution in [0.25, 0.3) is 0 Å². The number of carbonyl (C=O) groups excluding carboxylic acids is 10. The van der Waals surface area contributed by atoms with Gasteiger partial charge in [-0.05, 0) is 69.2 Å². The van der Waals surface area contributed by atoms with Crippen LogP contribution >= 0.6 is 0 Å². The summed E-state index contributed by atoms with van der Waals surface area (Å²) in [6.45, 7) is 16.0. The third-order valence-corrected chi connectivity index (χ3v) is 1.28. The molecule has 0 aromatic rings. The van der Waals surface area contributed by atoms with Crippen molar-refractivity contribution in [2.45, 2.75) is 69.2 Å². The number of hydrogen-bond acceptors (Lipinski definition) is 26. The van der Waals surface area contributed by atoms with E-state index in [0.717, 1.165) is 95.4 Å². The Morgan fingerprint density at radius 1 is 0.271 bits per heavy atom. The minimum atomic E-state index is -1.08. The second kappa shape index (κ2) is 117. The molecule has 0 aromatic heterocycles. The molecule has 59 heavy (non-hydrogen) atoms. The molecule has 0 fully saturated rings. The van der Waals surface area contributed by atoms with Gasteiger partial charge in [-0.25, -0.2) is 0 Å². The molecule has 0 bridgehead atoms. The number of rotatable bonds is 8. The van der Waals surface area contributed by atoms with Gasteiger partial charge in [-0.2, -0.15) is 0 Å². The fourth-order valence-electron chi connectivity index (χ4n) is 0.658. The summed E-state index contributed by atoms with van der Waals surface area (Å²) in [4.78, 5) is 88.9. The SMILES string of the molecule is CC(=O)[O-].CC(=O)[O-].CC(=O)[O-].CC(=O)[O-].CC(=O)[O-].CC(=O)[O-].CC(=O)[O-].CC(=O)[O-].CC(=O)[O-].CC(=O)[O-].NCCNCCN.NCCNCCN.[Mg+2].[Mg+2].[Mg+2].[Mg+2].[Mg+2]. The number of carboxylic acid groups (broad SMARTS) is 10. The van der Waals surface area contributed by atoms with E-state index in [1.54, 1.807) is 0 Å². The molecule has 0 aliphatic rings. The molecule has 0 rings (SSSR count). The largest absolute Gasteiger partial charge is 2.00 e. The maximum Gasteiger partial charge on any atom is 2.00 e. The summed E-state index contributed by atoms with van der Waals surface area (Å²) in [6.07, 6.45) is 0. The molecule has 0 spiro atoms. The predicted molar refractivity (Wildman–Crippen MR) is 198 cm³/mol. The molecule has 0 aliphatic heterocycles. The Labute approximate surface area is 425 Å². The zero-order chi connectivity index (χ0) is 46.8. The second-order valence-corrected chi connectivity index (χ2v) is 7.57. The van der Waals surface area contributed by atoms with Crippen molar-refractivity contribution in [3.63, 3.8) is 0 Å². The van der Waals surface area contributed by atoms with Crippen LogP contribution in [-0.4, -0.2) is 227 Å². The first-order valence-corrected chi connectivity index (χ1v) is 14.1. The second-order valence-electron chi connectivity index (χ2n) is 7.57. The Morgan fingerprint density at radius 2 is 0.322 bits per heavy atom. The molecule has 0 atom stereocenters. The van der Waals surface area contributed by atoms with E-state index in [1.807, 2.05) is 0 Å². The molecule has 0 heterocycles. The van der Waals surface area contributed by atoms with Crippen LogP contribution in [0.1, 0.15) is 69.2 Å². The monoisotopic (exact) mass is 916 g/mol. The van der Waals surface area contributed by atoms with Gasteiger partial charge in [0.2, 0.25) is 0 Å². The summed E-state index contributed by atoms with van der Waals surface area (Å²) in [5.41, 5.74) is 20.7. The molecular formula is C28H56Mg5N6O20. The van der Waals surface area contributed by atoms with Gasteiger partial charge in [-0.3, -0.25) is 0 Å². The van der Waals surface area contributed by atoms with Crippen LogP contribution in [-0.2, 0) is 47.9 Å². The summed E-state index contributed by atoms with van der Waals surface area (Å²) >= 11 is 0. The minimum absolute atomic E-state index is 0. The Balaban J connectivity index is -0.0000000217. The Morgan fingerprint density at radius 3 is 0.356 bits per heavy atom.